The highest BCUT2D eigenvalue weighted by molar-refractivity contribution is 6.20. The van der Waals surface area contributed by atoms with Gasteiger partial charge in [0, 0.05) is 11.5 Å². The summed E-state index contributed by atoms with van der Waals surface area (Å²) in [6.45, 7) is 0. The maximum atomic E-state index is 12.5. The third-order valence-corrected chi connectivity index (χ3v) is 4.87. The first-order chi connectivity index (χ1) is 13.0. The smallest absolute Gasteiger partial charge is 0.336 e. The minimum absolute atomic E-state index is 0.113. The predicted octanol–water partition coefficient (Wildman–Crippen LogP) is 2.56. The molecule has 2 amide bonds. The van der Waals surface area contributed by atoms with Gasteiger partial charge in [0.25, 0.3) is 11.8 Å². The average Bonchev–Trinajstić information content (AvgIpc) is 3.47. The lowest BCUT2D eigenvalue weighted by atomic mass is 10.1. The van der Waals surface area contributed by atoms with Crippen molar-refractivity contribution in [3.8, 4) is 11.5 Å². The number of carbonyl (C=O) groups is 3. The van der Waals surface area contributed by atoms with Crippen LogP contribution in [0.15, 0.2) is 42.5 Å². The van der Waals surface area contributed by atoms with Gasteiger partial charge in [0.05, 0.1) is 31.3 Å². The molecule has 1 saturated carbocycles. The summed E-state index contributed by atoms with van der Waals surface area (Å²) < 4.78 is 10.6. The molecule has 0 unspecified atom stereocenters. The number of amides is 2. The molecular weight excluding hydrogens is 350 g/mol. The van der Waals surface area contributed by atoms with E-state index < -0.39 is 23.7 Å². The number of benzene rings is 2. The molecule has 0 N–H and O–H groups in total. The average molecular weight is 367 g/mol. The second-order valence-corrected chi connectivity index (χ2v) is 6.42. The van der Waals surface area contributed by atoms with Crippen molar-refractivity contribution in [2.24, 2.45) is 5.92 Å². The van der Waals surface area contributed by atoms with Gasteiger partial charge in [-0.25, -0.2) is 4.79 Å². The number of hydrogen-bond donors (Lipinski definition) is 0. The second-order valence-electron chi connectivity index (χ2n) is 6.42. The standard InChI is InChI=1S/C20H17NO6/c1-25-11-7-8-17(26-2)15(9-11)14-10-16(14)20(24)27-21-18(22)12-5-3-4-6-13(12)19(21)23/h3-9,14,16H,10H2,1-2H3/t14-,16+/m0/s1. The topological polar surface area (TPSA) is 82.1 Å². The van der Waals surface area contributed by atoms with Crippen LogP contribution in [0, 0.1) is 5.92 Å². The van der Waals surface area contributed by atoms with Crippen molar-refractivity contribution in [2.75, 3.05) is 14.2 Å². The predicted molar refractivity (Wildman–Crippen MR) is 93.4 cm³/mol. The van der Waals surface area contributed by atoms with Gasteiger partial charge in [-0.05, 0) is 36.8 Å². The Labute approximate surface area is 155 Å². The maximum absolute atomic E-state index is 12.5. The van der Waals surface area contributed by atoms with Gasteiger partial charge in [-0.1, -0.05) is 17.2 Å². The summed E-state index contributed by atoms with van der Waals surface area (Å²) in [7, 11) is 3.12. The van der Waals surface area contributed by atoms with E-state index in [4.69, 9.17) is 14.3 Å². The zero-order valence-electron chi connectivity index (χ0n) is 14.8. The molecular formula is C20H17NO6. The Bertz CT molecular complexity index is 918. The monoisotopic (exact) mass is 367 g/mol. The number of rotatable bonds is 5. The number of nitrogens with zero attached hydrogens (tertiary/aromatic N) is 1. The molecule has 138 valence electrons. The summed E-state index contributed by atoms with van der Waals surface area (Å²) in [5, 5.41) is 0.547. The van der Waals surface area contributed by atoms with Crippen molar-refractivity contribution in [1.29, 1.82) is 0 Å². The molecule has 7 nitrogen and oxygen atoms in total. The number of hydroxylamine groups is 2. The normalized spacial score (nSPS) is 20.3. The van der Waals surface area contributed by atoms with E-state index in [2.05, 4.69) is 0 Å². The van der Waals surface area contributed by atoms with E-state index in [9.17, 15) is 14.4 Å². The first kappa shape index (κ1) is 17.1. The van der Waals surface area contributed by atoms with Crippen molar-refractivity contribution < 1.29 is 28.7 Å². The third kappa shape index (κ3) is 2.81. The number of carbonyl (C=O) groups excluding carboxylic acids is 3. The molecule has 0 spiro atoms. The summed E-state index contributed by atoms with van der Waals surface area (Å²) in [5.74, 6) is -1.12. The highest BCUT2D eigenvalue weighted by atomic mass is 16.7. The zero-order chi connectivity index (χ0) is 19.1. The quantitative estimate of drug-likeness (QED) is 0.756. The largest absolute Gasteiger partial charge is 0.497 e. The number of imide groups is 1. The van der Waals surface area contributed by atoms with E-state index in [1.165, 1.54) is 12.1 Å². The summed E-state index contributed by atoms with van der Waals surface area (Å²) in [4.78, 5) is 42.3. The van der Waals surface area contributed by atoms with Gasteiger partial charge >= 0.3 is 5.97 Å². The van der Waals surface area contributed by atoms with Crippen LogP contribution in [0.3, 0.4) is 0 Å². The SMILES string of the molecule is COc1ccc(OC)c([C@@H]2C[C@H]2C(=O)ON2C(=O)c3ccccc3C2=O)c1. The van der Waals surface area contributed by atoms with Gasteiger partial charge in [0.1, 0.15) is 11.5 Å². The maximum Gasteiger partial charge on any atom is 0.336 e. The fraction of sp³-hybridized carbons (Fsp3) is 0.250. The number of methoxy groups -OCH3 is 2. The highest BCUT2D eigenvalue weighted by Crippen LogP contribution is 2.52. The number of hydrogen-bond acceptors (Lipinski definition) is 6. The van der Waals surface area contributed by atoms with Gasteiger partial charge in [0.15, 0.2) is 0 Å². The molecule has 1 heterocycles. The van der Waals surface area contributed by atoms with Crippen LogP contribution in [0.1, 0.15) is 38.6 Å². The Balaban J connectivity index is 1.49. The Morgan fingerprint density at radius 2 is 1.67 bits per heavy atom. The van der Waals surface area contributed by atoms with Crippen LogP contribution in [0.5, 0.6) is 11.5 Å². The number of fused-ring (bicyclic) bond motifs is 1. The fourth-order valence-electron chi connectivity index (χ4n) is 3.34. The van der Waals surface area contributed by atoms with E-state index in [0.717, 1.165) is 5.56 Å². The summed E-state index contributed by atoms with van der Waals surface area (Å²) >= 11 is 0. The zero-order valence-corrected chi connectivity index (χ0v) is 14.8. The molecule has 7 heteroatoms. The van der Waals surface area contributed by atoms with Gasteiger partial charge in [-0.2, -0.15) is 0 Å². The molecule has 2 atom stereocenters. The molecule has 1 aliphatic heterocycles. The van der Waals surface area contributed by atoms with Crippen LogP contribution >= 0.6 is 0 Å². The van der Waals surface area contributed by atoms with E-state index in [-0.39, 0.29) is 17.0 Å². The van der Waals surface area contributed by atoms with Gasteiger partial charge in [-0.3, -0.25) is 9.59 Å². The first-order valence-corrected chi connectivity index (χ1v) is 8.46. The van der Waals surface area contributed by atoms with Crippen molar-refractivity contribution in [3.05, 3.63) is 59.2 Å². The molecule has 0 bridgehead atoms. The van der Waals surface area contributed by atoms with Crippen molar-refractivity contribution in [1.82, 2.24) is 5.06 Å². The van der Waals surface area contributed by atoms with Crippen molar-refractivity contribution >= 4 is 17.8 Å². The minimum Gasteiger partial charge on any atom is -0.497 e. The number of ether oxygens (including phenoxy) is 2. The van der Waals surface area contributed by atoms with Crippen LogP contribution in [0.4, 0.5) is 0 Å². The third-order valence-electron chi connectivity index (χ3n) is 4.87. The minimum atomic E-state index is -0.625. The summed E-state index contributed by atoms with van der Waals surface area (Å²) in [6.07, 6.45) is 0.547. The van der Waals surface area contributed by atoms with Crippen molar-refractivity contribution in [3.63, 3.8) is 0 Å². The van der Waals surface area contributed by atoms with Gasteiger partial charge in [0.2, 0.25) is 0 Å². The highest BCUT2D eigenvalue weighted by Gasteiger charge is 2.49. The molecule has 4 rings (SSSR count). The van der Waals surface area contributed by atoms with Crippen LogP contribution < -0.4 is 9.47 Å². The molecule has 1 fully saturated rings. The van der Waals surface area contributed by atoms with Gasteiger partial charge < -0.3 is 14.3 Å². The lowest BCUT2D eigenvalue weighted by molar-refractivity contribution is -0.170. The van der Waals surface area contributed by atoms with E-state index in [0.29, 0.717) is 23.0 Å². The van der Waals surface area contributed by atoms with Gasteiger partial charge in [-0.15, -0.1) is 0 Å². The molecule has 2 aromatic rings. The molecule has 2 aromatic carbocycles. The van der Waals surface area contributed by atoms with E-state index in [1.54, 1.807) is 38.5 Å². The fourth-order valence-corrected chi connectivity index (χ4v) is 3.34. The van der Waals surface area contributed by atoms with Crippen LogP contribution in [-0.4, -0.2) is 37.1 Å². The molecule has 27 heavy (non-hydrogen) atoms. The lowest BCUT2D eigenvalue weighted by Gasteiger charge is -2.13. The van der Waals surface area contributed by atoms with Crippen LogP contribution in [-0.2, 0) is 9.63 Å². The first-order valence-electron chi connectivity index (χ1n) is 8.46. The Hall–Kier alpha value is -3.35. The summed E-state index contributed by atoms with van der Waals surface area (Å²) in [6, 6.07) is 11.7. The Kier molecular flexibility index (Phi) is 4.07. The molecule has 0 saturated heterocycles. The Morgan fingerprint density at radius 3 is 2.26 bits per heavy atom. The van der Waals surface area contributed by atoms with E-state index in [1.807, 2.05) is 6.07 Å². The van der Waals surface area contributed by atoms with Crippen molar-refractivity contribution in [2.45, 2.75) is 12.3 Å². The summed E-state index contributed by atoms with van der Waals surface area (Å²) in [5.41, 5.74) is 1.30. The second kappa shape index (κ2) is 6.42. The van der Waals surface area contributed by atoms with E-state index >= 15 is 0 Å². The van der Waals surface area contributed by atoms with Crippen LogP contribution in [0.2, 0.25) is 0 Å². The molecule has 0 aromatic heterocycles. The van der Waals surface area contributed by atoms with Crippen LogP contribution in [0.25, 0.3) is 0 Å². The lowest BCUT2D eigenvalue weighted by Crippen LogP contribution is -2.33. The Morgan fingerprint density at radius 1 is 1.00 bits per heavy atom. The molecule has 1 aliphatic carbocycles. The molecule has 2 aliphatic rings. The molecule has 0 radical (unpaired) electrons.